The van der Waals surface area contributed by atoms with Gasteiger partial charge in [-0.1, -0.05) is 0 Å². The molecule has 0 aliphatic heterocycles. The number of carbonyl (C=O) groups is 2. The highest BCUT2D eigenvalue weighted by atomic mass is 16.6. The molecular formula is C11H16N6O7. The van der Waals surface area contributed by atoms with E-state index in [4.69, 9.17) is 14.7 Å². The fourth-order valence-corrected chi connectivity index (χ4v) is 1.57. The lowest BCUT2D eigenvalue weighted by atomic mass is 10.5. The van der Waals surface area contributed by atoms with Crippen LogP contribution < -0.4 is 10.9 Å². The predicted molar refractivity (Wildman–Crippen MR) is 77.0 cm³/mol. The number of aromatic nitrogens is 2. The molecule has 0 aromatic carbocycles. The first-order valence-corrected chi connectivity index (χ1v) is 6.55. The Morgan fingerprint density at radius 3 is 2.96 bits per heavy atom. The van der Waals surface area contributed by atoms with Crippen LogP contribution in [0.4, 0.5) is 5.82 Å². The first kappa shape index (κ1) is 19.0. The zero-order valence-electron chi connectivity index (χ0n) is 12.7. The number of rotatable bonds is 10. The van der Waals surface area contributed by atoms with Crippen molar-refractivity contribution in [1.29, 1.82) is 0 Å². The molecular weight excluding hydrogens is 328 g/mol. The fourth-order valence-electron chi connectivity index (χ4n) is 1.57. The topological polar surface area (TPSA) is 170 Å². The van der Waals surface area contributed by atoms with E-state index in [-0.39, 0.29) is 19.0 Å². The summed E-state index contributed by atoms with van der Waals surface area (Å²) in [5, 5.41) is 24.1. The molecule has 1 aromatic heterocycles. The number of nitrogens with one attached hydrogen (secondary N) is 2. The van der Waals surface area contributed by atoms with Gasteiger partial charge in [0.05, 0.1) is 0 Å². The Kier molecular flexibility index (Phi) is 7.80. The number of hydrazone groups is 1. The minimum absolute atomic E-state index is 0.0684. The third kappa shape index (κ3) is 6.37. The van der Waals surface area contributed by atoms with Gasteiger partial charge in [0.25, 0.3) is 5.91 Å². The summed E-state index contributed by atoms with van der Waals surface area (Å²) in [5.41, 5.74) is 1.44. The zero-order chi connectivity index (χ0) is 17.9. The second-order valence-electron chi connectivity index (χ2n) is 4.21. The van der Waals surface area contributed by atoms with Crippen molar-refractivity contribution in [3.63, 3.8) is 0 Å². The van der Waals surface area contributed by atoms with E-state index < -0.39 is 30.0 Å². The highest BCUT2D eigenvalue weighted by molar-refractivity contribution is 5.88. The predicted octanol–water partition coefficient (Wildman–Crippen LogP) is -1.30. The monoisotopic (exact) mass is 344 g/mol. The van der Waals surface area contributed by atoms with Crippen LogP contribution in [0.2, 0.25) is 0 Å². The Bertz CT molecular complexity index is 614. The van der Waals surface area contributed by atoms with Gasteiger partial charge in [0.15, 0.2) is 5.82 Å². The molecule has 13 nitrogen and oxygen atoms in total. The van der Waals surface area contributed by atoms with Gasteiger partial charge in [0.2, 0.25) is 0 Å². The molecule has 0 spiro atoms. The van der Waals surface area contributed by atoms with Crippen LogP contribution in [0.3, 0.4) is 0 Å². The number of esters is 1. The maximum Gasteiger partial charge on any atom is 0.342 e. The number of nitro groups is 1. The summed E-state index contributed by atoms with van der Waals surface area (Å²) in [6, 6.07) is 0. The van der Waals surface area contributed by atoms with Gasteiger partial charge in [0.1, 0.15) is 38.9 Å². The minimum Gasteiger partial charge on any atom is -0.460 e. The maximum atomic E-state index is 11.4. The molecule has 0 unspecified atom stereocenters. The molecule has 132 valence electrons. The highest BCUT2D eigenvalue weighted by Crippen LogP contribution is 2.12. The molecule has 0 aliphatic rings. The van der Waals surface area contributed by atoms with Crippen molar-refractivity contribution in [2.24, 2.45) is 5.10 Å². The summed E-state index contributed by atoms with van der Waals surface area (Å²) in [5.74, 6) is -1.10. The van der Waals surface area contributed by atoms with Crippen molar-refractivity contribution in [2.75, 3.05) is 19.8 Å². The van der Waals surface area contributed by atoms with Crippen molar-refractivity contribution in [3.8, 4) is 0 Å². The molecule has 0 atom stereocenters. The van der Waals surface area contributed by atoms with E-state index in [0.29, 0.717) is 5.82 Å². The van der Waals surface area contributed by atoms with Crippen molar-refractivity contribution in [3.05, 3.63) is 22.1 Å². The Morgan fingerprint density at radius 1 is 1.54 bits per heavy atom. The standard InChI is InChI=1S/C11H16N6O7/c1-8-12-4-10(17(21)22)16(8)2-3-24-11(19)6-23-5-9(18)13-7-14-15-20/h4,7,15,20H,2-3,5-6H2,1H3,(H,13,14,18). The SMILES string of the molecule is Cc1ncc([N+](=O)[O-])n1CCOC(=O)COCC(=O)N/C=N/NO. The number of imidazole rings is 1. The number of ether oxygens (including phenoxy) is 2. The molecule has 1 heterocycles. The summed E-state index contributed by atoms with van der Waals surface area (Å²) < 4.78 is 11.0. The second kappa shape index (κ2) is 9.86. The first-order valence-electron chi connectivity index (χ1n) is 6.55. The van der Waals surface area contributed by atoms with Gasteiger partial charge in [-0.05, 0) is 4.92 Å². The summed E-state index contributed by atoms with van der Waals surface area (Å²) >= 11 is 0. The van der Waals surface area contributed by atoms with Crippen LogP contribution in [0.1, 0.15) is 5.82 Å². The van der Waals surface area contributed by atoms with Crippen LogP contribution >= 0.6 is 0 Å². The fraction of sp³-hybridized carbons (Fsp3) is 0.455. The molecule has 0 radical (unpaired) electrons. The van der Waals surface area contributed by atoms with E-state index in [0.717, 1.165) is 12.5 Å². The number of aryl methyl sites for hydroxylation is 1. The van der Waals surface area contributed by atoms with Crippen LogP contribution in [0, 0.1) is 17.0 Å². The van der Waals surface area contributed by atoms with Crippen LogP contribution in [0.5, 0.6) is 0 Å². The molecule has 0 fully saturated rings. The third-order valence-electron chi connectivity index (χ3n) is 2.60. The summed E-state index contributed by atoms with van der Waals surface area (Å²) in [7, 11) is 0. The lowest BCUT2D eigenvalue weighted by molar-refractivity contribution is -0.392. The molecule has 1 rings (SSSR count). The number of hydrogen-bond donors (Lipinski definition) is 3. The highest BCUT2D eigenvalue weighted by Gasteiger charge is 2.17. The quantitative estimate of drug-likeness (QED) is 0.153. The normalized spacial score (nSPS) is 10.6. The van der Waals surface area contributed by atoms with Crippen molar-refractivity contribution >= 4 is 24.0 Å². The van der Waals surface area contributed by atoms with Crippen molar-refractivity contribution in [2.45, 2.75) is 13.5 Å². The van der Waals surface area contributed by atoms with Crippen LogP contribution in [0.25, 0.3) is 0 Å². The smallest absolute Gasteiger partial charge is 0.342 e. The Labute approximate surface area is 135 Å². The molecule has 13 heteroatoms. The molecule has 0 aliphatic carbocycles. The number of hydrogen-bond acceptors (Lipinski definition) is 10. The number of carbonyl (C=O) groups excluding carboxylic acids is 2. The second-order valence-corrected chi connectivity index (χ2v) is 4.21. The van der Waals surface area contributed by atoms with E-state index in [9.17, 15) is 19.7 Å². The molecule has 24 heavy (non-hydrogen) atoms. The van der Waals surface area contributed by atoms with E-state index in [1.54, 1.807) is 6.92 Å². The Hall–Kier alpha value is -3.06. The first-order chi connectivity index (χ1) is 11.5. The van der Waals surface area contributed by atoms with Crippen molar-refractivity contribution < 1.29 is 29.2 Å². The average Bonchev–Trinajstić information content (AvgIpc) is 2.89. The van der Waals surface area contributed by atoms with Crippen LogP contribution in [0.15, 0.2) is 11.3 Å². The zero-order valence-corrected chi connectivity index (χ0v) is 12.7. The largest absolute Gasteiger partial charge is 0.460 e. The number of nitrogens with zero attached hydrogens (tertiary/aromatic N) is 4. The van der Waals surface area contributed by atoms with Crippen LogP contribution in [-0.4, -0.2) is 57.7 Å². The summed E-state index contributed by atoms with van der Waals surface area (Å²) in [6.07, 6.45) is 2.01. The minimum atomic E-state index is -0.728. The molecule has 3 N–H and O–H groups in total. The van der Waals surface area contributed by atoms with Gasteiger partial charge in [-0.15, -0.1) is 5.10 Å². The lowest BCUT2D eigenvalue weighted by Gasteiger charge is -2.06. The van der Waals surface area contributed by atoms with E-state index in [1.165, 1.54) is 10.2 Å². The van der Waals surface area contributed by atoms with Gasteiger partial charge < -0.3 is 24.9 Å². The maximum absolute atomic E-state index is 11.4. The molecule has 0 saturated carbocycles. The summed E-state index contributed by atoms with van der Waals surface area (Å²) in [4.78, 5) is 36.6. The lowest BCUT2D eigenvalue weighted by Crippen LogP contribution is -2.28. The van der Waals surface area contributed by atoms with Crippen LogP contribution in [-0.2, 0) is 25.6 Å². The van der Waals surface area contributed by atoms with Gasteiger partial charge in [-0.2, -0.15) is 5.59 Å². The van der Waals surface area contributed by atoms with Gasteiger partial charge in [0, 0.05) is 6.92 Å². The van der Waals surface area contributed by atoms with E-state index in [2.05, 4.69) is 15.4 Å². The number of amides is 1. The van der Waals surface area contributed by atoms with E-state index >= 15 is 0 Å². The van der Waals surface area contributed by atoms with Gasteiger partial charge in [-0.3, -0.25) is 10.0 Å². The molecule has 1 aromatic rings. The molecule has 0 saturated heterocycles. The Balaban J connectivity index is 2.25. The molecule has 1 amide bonds. The third-order valence-corrected chi connectivity index (χ3v) is 2.60. The molecule has 0 bridgehead atoms. The van der Waals surface area contributed by atoms with Gasteiger partial charge >= 0.3 is 11.8 Å². The van der Waals surface area contributed by atoms with Crippen molar-refractivity contribution in [1.82, 2.24) is 20.5 Å². The van der Waals surface area contributed by atoms with Gasteiger partial charge in [-0.25, -0.2) is 14.3 Å². The average molecular weight is 344 g/mol. The van der Waals surface area contributed by atoms with E-state index in [1.807, 2.05) is 0 Å². The Morgan fingerprint density at radius 2 is 2.29 bits per heavy atom. The summed E-state index contributed by atoms with van der Waals surface area (Å²) in [6.45, 7) is 0.666.